The molecule has 2 N–H and O–H groups in total. The lowest BCUT2D eigenvalue weighted by atomic mass is 9.74. The average molecular weight is 185 g/mol. The van der Waals surface area contributed by atoms with Gasteiger partial charge in [-0.15, -0.1) is 0 Å². The number of hydrogen-bond donors (Lipinski definition) is 1. The number of carbonyl (C=O) groups excluding carboxylic acids is 2. The van der Waals surface area contributed by atoms with Crippen LogP contribution in [-0.2, 0) is 9.59 Å². The van der Waals surface area contributed by atoms with Crippen LogP contribution >= 0.6 is 0 Å². The minimum atomic E-state index is -0.936. The predicted octanol–water partition coefficient (Wildman–Crippen LogP) is 1.50. The van der Waals surface area contributed by atoms with Crippen molar-refractivity contribution in [3.63, 3.8) is 0 Å². The molecule has 0 aliphatic heterocycles. The second-order valence-electron chi connectivity index (χ2n) is 3.67. The molecule has 0 rings (SSSR count). The standard InChI is InChI=1S/C10H19NO2/c1-5-10(6-2,9(11)13)8(12)7(3)4/h7H,5-6H2,1-4H3,(H2,11,13). The van der Waals surface area contributed by atoms with E-state index < -0.39 is 11.3 Å². The lowest BCUT2D eigenvalue weighted by Crippen LogP contribution is -2.45. The Morgan fingerprint density at radius 1 is 1.23 bits per heavy atom. The van der Waals surface area contributed by atoms with Gasteiger partial charge in [0, 0.05) is 5.92 Å². The first-order chi connectivity index (χ1) is 5.92. The molecule has 0 saturated heterocycles. The minimum Gasteiger partial charge on any atom is -0.369 e. The maximum Gasteiger partial charge on any atom is 0.231 e. The van der Waals surface area contributed by atoms with Crippen LogP contribution < -0.4 is 5.73 Å². The SMILES string of the molecule is CCC(CC)(C(N)=O)C(=O)C(C)C. The Kier molecular flexibility index (Phi) is 4.11. The number of rotatable bonds is 5. The van der Waals surface area contributed by atoms with Gasteiger partial charge in [-0.2, -0.15) is 0 Å². The van der Waals surface area contributed by atoms with E-state index in [1.54, 1.807) is 13.8 Å². The molecule has 0 atom stereocenters. The summed E-state index contributed by atoms with van der Waals surface area (Å²) >= 11 is 0. The number of Topliss-reactive ketones (excluding diaryl/α,β-unsaturated/α-hetero) is 1. The molecule has 13 heavy (non-hydrogen) atoms. The fourth-order valence-electron chi connectivity index (χ4n) is 1.62. The van der Waals surface area contributed by atoms with Crippen LogP contribution in [-0.4, -0.2) is 11.7 Å². The number of ketones is 1. The van der Waals surface area contributed by atoms with Crippen molar-refractivity contribution < 1.29 is 9.59 Å². The molecule has 0 aliphatic carbocycles. The van der Waals surface area contributed by atoms with Crippen molar-refractivity contribution in [2.75, 3.05) is 0 Å². The van der Waals surface area contributed by atoms with Crippen molar-refractivity contribution in [3.05, 3.63) is 0 Å². The average Bonchev–Trinajstić information content (AvgIpc) is 2.06. The van der Waals surface area contributed by atoms with Crippen molar-refractivity contribution in [2.24, 2.45) is 17.1 Å². The molecule has 0 fully saturated rings. The first-order valence-electron chi connectivity index (χ1n) is 4.76. The Morgan fingerprint density at radius 3 is 1.69 bits per heavy atom. The highest BCUT2D eigenvalue weighted by Gasteiger charge is 2.41. The van der Waals surface area contributed by atoms with Gasteiger partial charge in [-0.25, -0.2) is 0 Å². The van der Waals surface area contributed by atoms with Crippen molar-refractivity contribution >= 4 is 11.7 Å². The normalized spacial score (nSPS) is 11.8. The first kappa shape index (κ1) is 12.1. The molecule has 0 aromatic rings. The van der Waals surface area contributed by atoms with Gasteiger partial charge < -0.3 is 5.73 Å². The molecule has 0 radical (unpaired) electrons. The fourth-order valence-corrected chi connectivity index (χ4v) is 1.62. The Morgan fingerprint density at radius 2 is 1.62 bits per heavy atom. The number of amides is 1. The summed E-state index contributed by atoms with van der Waals surface area (Å²) < 4.78 is 0. The van der Waals surface area contributed by atoms with Crippen LogP contribution in [0.25, 0.3) is 0 Å². The van der Waals surface area contributed by atoms with E-state index in [1.165, 1.54) is 0 Å². The van der Waals surface area contributed by atoms with Gasteiger partial charge in [-0.3, -0.25) is 9.59 Å². The number of primary amides is 1. The van der Waals surface area contributed by atoms with Crippen molar-refractivity contribution in [1.29, 1.82) is 0 Å². The van der Waals surface area contributed by atoms with Crippen LogP contribution in [0.1, 0.15) is 40.5 Å². The van der Waals surface area contributed by atoms with Crippen molar-refractivity contribution in [1.82, 2.24) is 0 Å². The minimum absolute atomic E-state index is 0.0370. The molecule has 0 aromatic heterocycles. The van der Waals surface area contributed by atoms with E-state index in [9.17, 15) is 9.59 Å². The molecule has 3 heteroatoms. The lowest BCUT2D eigenvalue weighted by Gasteiger charge is -2.27. The quantitative estimate of drug-likeness (QED) is 0.660. The van der Waals surface area contributed by atoms with E-state index in [1.807, 2.05) is 13.8 Å². The van der Waals surface area contributed by atoms with Crippen molar-refractivity contribution in [2.45, 2.75) is 40.5 Å². The molecule has 0 aromatic carbocycles. The first-order valence-corrected chi connectivity index (χ1v) is 4.76. The Balaban J connectivity index is 4.98. The van der Waals surface area contributed by atoms with Gasteiger partial charge >= 0.3 is 0 Å². The molecular formula is C10H19NO2. The summed E-state index contributed by atoms with van der Waals surface area (Å²) in [6, 6.07) is 0. The predicted molar refractivity (Wildman–Crippen MR) is 52.1 cm³/mol. The largest absolute Gasteiger partial charge is 0.369 e. The highest BCUT2D eigenvalue weighted by molar-refractivity contribution is 6.06. The maximum atomic E-state index is 11.8. The highest BCUT2D eigenvalue weighted by Crippen LogP contribution is 2.30. The van der Waals surface area contributed by atoms with Crippen molar-refractivity contribution in [3.8, 4) is 0 Å². The van der Waals surface area contributed by atoms with Gasteiger partial charge in [-0.1, -0.05) is 27.7 Å². The van der Waals surface area contributed by atoms with Crippen LogP contribution in [0.5, 0.6) is 0 Å². The molecule has 0 spiro atoms. The molecule has 0 bridgehead atoms. The van der Waals surface area contributed by atoms with E-state index in [0.29, 0.717) is 12.8 Å². The summed E-state index contributed by atoms with van der Waals surface area (Å²) in [5, 5.41) is 0. The zero-order valence-corrected chi connectivity index (χ0v) is 8.89. The molecule has 3 nitrogen and oxygen atoms in total. The summed E-state index contributed by atoms with van der Waals surface area (Å²) in [5.74, 6) is -0.659. The molecule has 0 heterocycles. The topological polar surface area (TPSA) is 60.2 Å². The molecule has 76 valence electrons. The van der Waals surface area contributed by atoms with Crippen LogP contribution in [0.15, 0.2) is 0 Å². The van der Waals surface area contributed by atoms with E-state index in [2.05, 4.69) is 0 Å². The third kappa shape index (κ3) is 2.08. The Bertz CT molecular complexity index is 205. The van der Waals surface area contributed by atoms with E-state index in [4.69, 9.17) is 5.73 Å². The van der Waals surface area contributed by atoms with E-state index in [-0.39, 0.29) is 11.7 Å². The second-order valence-corrected chi connectivity index (χ2v) is 3.67. The molecular weight excluding hydrogens is 166 g/mol. The zero-order chi connectivity index (χ0) is 10.6. The van der Waals surface area contributed by atoms with Gasteiger partial charge in [0.05, 0.1) is 0 Å². The fraction of sp³-hybridized carbons (Fsp3) is 0.800. The summed E-state index contributed by atoms with van der Waals surface area (Å²) in [5.41, 5.74) is 4.34. The van der Waals surface area contributed by atoms with Crippen LogP contribution in [0, 0.1) is 11.3 Å². The van der Waals surface area contributed by atoms with Gasteiger partial charge in [0.25, 0.3) is 0 Å². The van der Waals surface area contributed by atoms with E-state index in [0.717, 1.165) is 0 Å². The van der Waals surface area contributed by atoms with Gasteiger partial charge in [0.15, 0.2) is 5.78 Å². The molecule has 0 saturated carbocycles. The molecule has 0 aliphatic rings. The number of hydrogen-bond acceptors (Lipinski definition) is 2. The molecule has 1 amide bonds. The summed E-state index contributed by atoms with van der Waals surface area (Å²) in [4.78, 5) is 23.0. The third-order valence-electron chi connectivity index (χ3n) is 2.67. The summed E-state index contributed by atoms with van der Waals surface area (Å²) in [7, 11) is 0. The monoisotopic (exact) mass is 185 g/mol. The highest BCUT2D eigenvalue weighted by atomic mass is 16.2. The van der Waals surface area contributed by atoms with Gasteiger partial charge in [0.1, 0.15) is 5.41 Å². The van der Waals surface area contributed by atoms with Gasteiger partial charge in [-0.05, 0) is 12.8 Å². The smallest absolute Gasteiger partial charge is 0.231 e. The number of carbonyl (C=O) groups is 2. The number of nitrogens with two attached hydrogens (primary N) is 1. The van der Waals surface area contributed by atoms with Gasteiger partial charge in [0.2, 0.25) is 5.91 Å². The zero-order valence-electron chi connectivity index (χ0n) is 8.89. The summed E-state index contributed by atoms with van der Waals surface area (Å²) in [6.45, 7) is 7.25. The van der Waals surface area contributed by atoms with E-state index >= 15 is 0 Å². The molecule has 0 unspecified atom stereocenters. The van der Waals surface area contributed by atoms with Crippen LogP contribution in [0.2, 0.25) is 0 Å². The van der Waals surface area contributed by atoms with Crippen LogP contribution in [0.3, 0.4) is 0 Å². The van der Waals surface area contributed by atoms with Crippen LogP contribution in [0.4, 0.5) is 0 Å². The third-order valence-corrected chi connectivity index (χ3v) is 2.67. The Labute approximate surface area is 79.7 Å². The maximum absolute atomic E-state index is 11.8. The second kappa shape index (κ2) is 4.40. The Hall–Kier alpha value is -0.860. The summed E-state index contributed by atoms with van der Waals surface area (Å²) in [6.07, 6.45) is 0.992. The lowest BCUT2D eigenvalue weighted by molar-refractivity contribution is -0.142.